The predicted molar refractivity (Wildman–Crippen MR) is 63.4 cm³/mol. The first kappa shape index (κ1) is 11.6. The fraction of sp³-hybridized carbons (Fsp3) is 0.417. The second-order valence-electron chi connectivity index (χ2n) is 3.68. The molecule has 0 spiro atoms. The molecule has 0 aliphatic rings. The average Bonchev–Trinajstić information content (AvgIpc) is 2.27. The number of nitrogens with zero attached hydrogens (tertiary/aromatic N) is 1. The highest BCUT2D eigenvalue weighted by Gasteiger charge is 2.12. The Labute approximate surface area is 91.1 Å². The molecule has 1 amide bonds. The molecular formula is C12H18N2O. The summed E-state index contributed by atoms with van der Waals surface area (Å²) < 4.78 is 0. The number of rotatable bonds is 3. The predicted octanol–water partition coefficient (Wildman–Crippen LogP) is 1.99. The van der Waals surface area contributed by atoms with Crippen LogP contribution in [0.15, 0.2) is 18.2 Å². The van der Waals surface area contributed by atoms with E-state index >= 15 is 0 Å². The molecule has 3 nitrogen and oxygen atoms in total. The Balaban J connectivity index is 3.17. The minimum Gasteiger partial charge on any atom is -0.387 e. The maximum atomic E-state index is 11.9. The van der Waals surface area contributed by atoms with E-state index in [0.29, 0.717) is 0 Å². The molecule has 0 radical (unpaired) electrons. The zero-order valence-electron chi connectivity index (χ0n) is 9.79. The monoisotopic (exact) mass is 206 g/mol. The SMILES string of the molecule is CCc1ccc(NC)c(C(=O)N(C)C)c1. The van der Waals surface area contributed by atoms with Crippen molar-refractivity contribution in [2.24, 2.45) is 0 Å². The highest BCUT2D eigenvalue weighted by Crippen LogP contribution is 2.18. The molecule has 0 unspecified atom stereocenters. The first-order chi connectivity index (χ1) is 7.10. The summed E-state index contributed by atoms with van der Waals surface area (Å²) >= 11 is 0. The number of benzene rings is 1. The zero-order valence-corrected chi connectivity index (χ0v) is 9.79. The quantitative estimate of drug-likeness (QED) is 0.820. The van der Waals surface area contributed by atoms with Crippen LogP contribution in [0.2, 0.25) is 0 Å². The molecule has 1 N–H and O–H groups in total. The van der Waals surface area contributed by atoms with E-state index in [-0.39, 0.29) is 5.91 Å². The molecule has 0 aliphatic heterocycles. The standard InChI is InChI=1S/C12H18N2O/c1-5-9-6-7-11(13-2)10(8-9)12(15)14(3)4/h6-8,13H,5H2,1-4H3. The number of aryl methyl sites for hydroxylation is 1. The summed E-state index contributed by atoms with van der Waals surface area (Å²) in [5, 5.41) is 3.04. The summed E-state index contributed by atoms with van der Waals surface area (Å²) in [6, 6.07) is 5.95. The lowest BCUT2D eigenvalue weighted by atomic mass is 10.1. The van der Waals surface area contributed by atoms with Gasteiger partial charge in [-0.2, -0.15) is 0 Å². The highest BCUT2D eigenvalue weighted by molar-refractivity contribution is 5.99. The molecule has 1 aromatic carbocycles. The maximum Gasteiger partial charge on any atom is 0.255 e. The second-order valence-corrected chi connectivity index (χ2v) is 3.68. The van der Waals surface area contributed by atoms with Gasteiger partial charge >= 0.3 is 0 Å². The smallest absolute Gasteiger partial charge is 0.255 e. The summed E-state index contributed by atoms with van der Waals surface area (Å²) in [5.41, 5.74) is 2.80. The Kier molecular flexibility index (Phi) is 3.72. The highest BCUT2D eigenvalue weighted by atomic mass is 16.2. The summed E-state index contributed by atoms with van der Waals surface area (Å²) in [4.78, 5) is 13.5. The van der Waals surface area contributed by atoms with Crippen LogP contribution in [-0.4, -0.2) is 32.0 Å². The van der Waals surface area contributed by atoms with Crippen molar-refractivity contribution >= 4 is 11.6 Å². The van der Waals surface area contributed by atoms with Gasteiger partial charge in [0.15, 0.2) is 0 Å². The summed E-state index contributed by atoms with van der Waals surface area (Å²) in [6.45, 7) is 2.08. The van der Waals surface area contributed by atoms with Gasteiger partial charge < -0.3 is 10.2 Å². The van der Waals surface area contributed by atoms with E-state index in [9.17, 15) is 4.79 Å². The molecule has 0 fully saturated rings. The molecule has 0 atom stereocenters. The van der Waals surface area contributed by atoms with Gasteiger partial charge in [-0.1, -0.05) is 13.0 Å². The molecule has 0 saturated carbocycles. The van der Waals surface area contributed by atoms with Crippen molar-refractivity contribution in [2.75, 3.05) is 26.5 Å². The van der Waals surface area contributed by atoms with Crippen LogP contribution in [-0.2, 0) is 6.42 Å². The molecule has 3 heteroatoms. The molecule has 1 rings (SSSR count). The number of carbonyl (C=O) groups is 1. The summed E-state index contributed by atoms with van der Waals surface area (Å²) in [7, 11) is 5.36. The average molecular weight is 206 g/mol. The first-order valence-electron chi connectivity index (χ1n) is 5.12. The van der Waals surface area contributed by atoms with Gasteiger partial charge in [-0.15, -0.1) is 0 Å². The van der Waals surface area contributed by atoms with E-state index in [0.717, 1.165) is 17.7 Å². The van der Waals surface area contributed by atoms with Gasteiger partial charge in [0.2, 0.25) is 0 Å². The Morgan fingerprint density at radius 1 is 1.40 bits per heavy atom. The van der Waals surface area contributed by atoms with Gasteiger partial charge in [0.1, 0.15) is 0 Å². The summed E-state index contributed by atoms with van der Waals surface area (Å²) in [6.07, 6.45) is 0.942. The molecule has 0 aromatic heterocycles. The van der Waals surface area contributed by atoms with E-state index in [1.807, 2.05) is 25.2 Å². The minimum absolute atomic E-state index is 0.0367. The van der Waals surface area contributed by atoms with E-state index in [1.54, 1.807) is 19.0 Å². The van der Waals surface area contributed by atoms with Crippen LogP contribution in [0.1, 0.15) is 22.8 Å². The van der Waals surface area contributed by atoms with Gasteiger partial charge in [-0.05, 0) is 24.1 Å². The Hall–Kier alpha value is -1.51. The van der Waals surface area contributed by atoms with E-state index in [2.05, 4.69) is 12.2 Å². The van der Waals surface area contributed by atoms with E-state index in [1.165, 1.54) is 5.56 Å². The summed E-state index contributed by atoms with van der Waals surface area (Å²) in [5.74, 6) is 0.0367. The fourth-order valence-corrected chi connectivity index (χ4v) is 1.45. The molecule has 0 saturated heterocycles. The van der Waals surface area contributed by atoms with Gasteiger partial charge in [0.25, 0.3) is 5.91 Å². The maximum absolute atomic E-state index is 11.9. The molecule has 0 heterocycles. The second kappa shape index (κ2) is 4.82. The van der Waals surface area contributed by atoms with Crippen LogP contribution in [0, 0.1) is 0 Å². The van der Waals surface area contributed by atoms with Gasteiger partial charge in [-0.25, -0.2) is 0 Å². The third-order valence-electron chi connectivity index (χ3n) is 2.40. The number of carbonyl (C=O) groups excluding carboxylic acids is 1. The van der Waals surface area contributed by atoms with Crippen LogP contribution in [0.4, 0.5) is 5.69 Å². The lowest BCUT2D eigenvalue weighted by molar-refractivity contribution is 0.0828. The number of hydrogen-bond donors (Lipinski definition) is 1. The van der Waals surface area contributed by atoms with Crippen molar-refractivity contribution in [3.63, 3.8) is 0 Å². The minimum atomic E-state index is 0.0367. The first-order valence-corrected chi connectivity index (χ1v) is 5.12. The number of hydrogen-bond acceptors (Lipinski definition) is 2. The van der Waals surface area contributed by atoms with Crippen molar-refractivity contribution in [1.29, 1.82) is 0 Å². The molecule has 1 aromatic rings. The molecule has 0 aliphatic carbocycles. The fourth-order valence-electron chi connectivity index (χ4n) is 1.45. The topological polar surface area (TPSA) is 32.3 Å². The molecule has 0 bridgehead atoms. The van der Waals surface area contributed by atoms with Gasteiger partial charge in [-0.3, -0.25) is 4.79 Å². The van der Waals surface area contributed by atoms with Gasteiger partial charge in [0.05, 0.1) is 5.56 Å². The van der Waals surface area contributed by atoms with Crippen molar-refractivity contribution < 1.29 is 4.79 Å². The van der Waals surface area contributed by atoms with Crippen molar-refractivity contribution in [1.82, 2.24) is 4.90 Å². The van der Waals surface area contributed by atoms with Crippen molar-refractivity contribution in [2.45, 2.75) is 13.3 Å². The van der Waals surface area contributed by atoms with Crippen molar-refractivity contribution in [3.8, 4) is 0 Å². The largest absolute Gasteiger partial charge is 0.387 e. The molecule has 15 heavy (non-hydrogen) atoms. The lowest BCUT2D eigenvalue weighted by Gasteiger charge is -2.14. The zero-order chi connectivity index (χ0) is 11.4. The number of nitrogens with one attached hydrogen (secondary N) is 1. The van der Waals surface area contributed by atoms with E-state index < -0.39 is 0 Å². The van der Waals surface area contributed by atoms with Crippen molar-refractivity contribution in [3.05, 3.63) is 29.3 Å². The Morgan fingerprint density at radius 3 is 2.53 bits per heavy atom. The third kappa shape index (κ3) is 2.49. The molecular weight excluding hydrogens is 188 g/mol. The van der Waals surface area contributed by atoms with Crippen LogP contribution in [0.3, 0.4) is 0 Å². The Bertz CT molecular complexity index is 359. The van der Waals surface area contributed by atoms with Crippen LogP contribution in [0.5, 0.6) is 0 Å². The number of amides is 1. The lowest BCUT2D eigenvalue weighted by Crippen LogP contribution is -2.22. The third-order valence-corrected chi connectivity index (χ3v) is 2.40. The van der Waals surface area contributed by atoms with Gasteiger partial charge in [0, 0.05) is 26.8 Å². The number of anilines is 1. The Morgan fingerprint density at radius 2 is 2.07 bits per heavy atom. The molecule has 82 valence electrons. The van der Waals surface area contributed by atoms with E-state index in [4.69, 9.17) is 0 Å². The van der Waals surface area contributed by atoms with Crippen LogP contribution >= 0.6 is 0 Å². The normalized spacial score (nSPS) is 9.87. The van der Waals surface area contributed by atoms with Crippen LogP contribution in [0.25, 0.3) is 0 Å². The van der Waals surface area contributed by atoms with Crippen LogP contribution < -0.4 is 5.32 Å².